The Morgan fingerprint density at radius 3 is 2.67 bits per heavy atom. The van der Waals surface area contributed by atoms with Crippen LogP contribution in [0.15, 0.2) is 24.3 Å². The number of nitrogens with one attached hydrogen (secondary N) is 2. The number of carbonyl (C=O) groups is 1. The molecule has 1 fully saturated rings. The third kappa shape index (κ3) is 4.59. The monoisotopic (exact) mass is 357 g/mol. The minimum Gasteiger partial charge on any atom is -0.497 e. The fourth-order valence-corrected chi connectivity index (χ4v) is 3.87. The van der Waals surface area contributed by atoms with Crippen LogP contribution in [0.2, 0.25) is 0 Å². The van der Waals surface area contributed by atoms with Gasteiger partial charge in [0.05, 0.1) is 7.11 Å². The summed E-state index contributed by atoms with van der Waals surface area (Å²) >= 11 is 0. The van der Waals surface area contributed by atoms with Crippen molar-refractivity contribution >= 4 is 16.3 Å². The Kier molecular flexibility index (Phi) is 5.68. The highest BCUT2D eigenvalue weighted by Crippen LogP contribution is 2.39. The van der Waals surface area contributed by atoms with E-state index in [9.17, 15) is 13.2 Å². The van der Waals surface area contributed by atoms with E-state index in [0.717, 1.165) is 18.4 Å². The van der Waals surface area contributed by atoms with E-state index in [-0.39, 0.29) is 12.6 Å². The smallest absolute Gasteiger partial charge is 0.419 e. The Labute approximate surface area is 141 Å². The zero-order valence-electron chi connectivity index (χ0n) is 13.5. The summed E-state index contributed by atoms with van der Waals surface area (Å²) in [4.78, 5) is 10.6. The Morgan fingerprint density at radius 2 is 2.08 bits per heavy atom. The maximum absolute atomic E-state index is 11.8. The molecule has 0 radical (unpaired) electrons. The van der Waals surface area contributed by atoms with Crippen molar-refractivity contribution in [1.82, 2.24) is 9.44 Å². The van der Waals surface area contributed by atoms with E-state index in [1.165, 1.54) is 4.72 Å². The van der Waals surface area contributed by atoms with E-state index in [2.05, 4.69) is 4.72 Å². The lowest BCUT2D eigenvalue weighted by atomic mass is 9.68. The molecule has 8 nitrogen and oxygen atoms in total. The van der Waals surface area contributed by atoms with Crippen LogP contribution in [-0.4, -0.2) is 39.3 Å². The number of ether oxygens (including phenoxy) is 1. The standard InChI is InChI=1S/C15H23N3O5S/c1-23-13-4-2-3-11(9-13)15(7-5-12(16)6-8-15)10-17-24(21,22)18-14(19)20/h2-4,9,12,17-18H,5-8,10,16H2,1H3,(H,19,20)/t12-,15-. The lowest BCUT2D eigenvalue weighted by molar-refractivity contribution is 0.200. The molecule has 0 atom stereocenters. The maximum atomic E-state index is 11.8. The molecule has 0 bridgehead atoms. The molecule has 1 aromatic rings. The van der Waals surface area contributed by atoms with Crippen LogP contribution in [0, 0.1) is 0 Å². The first kappa shape index (κ1) is 18.5. The van der Waals surface area contributed by atoms with E-state index < -0.39 is 21.7 Å². The summed E-state index contributed by atoms with van der Waals surface area (Å²) in [5.74, 6) is 0.688. The summed E-state index contributed by atoms with van der Waals surface area (Å²) in [6.45, 7) is 0.0928. The van der Waals surface area contributed by atoms with Crippen molar-refractivity contribution < 1.29 is 23.1 Å². The number of amides is 1. The molecule has 1 aliphatic rings. The average molecular weight is 357 g/mol. The van der Waals surface area contributed by atoms with E-state index >= 15 is 0 Å². The second-order valence-electron chi connectivity index (χ2n) is 6.08. The number of hydrogen-bond donors (Lipinski definition) is 4. The minimum atomic E-state index is -4.12. The summed E-state index contributed by atoms with van der Waals surface area (Å²) in [5.41, 5.74) is 6.49. The Bertz CT molecular complexity index is 684. The molecule has 9 heteroatoms. The molecule has 0 spiro atoms. The van der Waals surface area contributed by atoms with Crippen LogP contribution >= 0.6 is 0 Å². The van der Waals surface area contributed by atoms with Crippen molar-refractivity contribution in [2.24, 2.45) is 5.73 Å². The molecule has 1 aromatic carbocycles. The van der Waals surface area contributed by atoms with E-state index in [1.807, 2.05) is 24.3 Å². The number of benzene rings is 1. The van der Waals surface area contributed by atoms with E-state index in [0.29, 0.717) is 18.6 Å². The van der Waals surface area contributed by atoms with Gasteiger partial charge in [0.25, 0.3) is 0 Å². The quantitative estimate of drug-likeness (QED) is 0.599. The summed E-state index contributed by atoms with van der Waals surface area (Å²) in [6, 6.07) is 7.59. The molecule has 1 aliphatic carbocycles. The molecular weight excluding hydrogens is 334 g/mol. The number of methoxy groups -OCH3 is 1. The molecule has 0 aromatic heterocycles. The predicted octanol–water partition coefficient (Wildman–Crippen LogP) is 0.936. The minimum absolute atomic E-state index is 0.0928. The normalized spacial score (nSPS) is 24.3. The van der Waals surface area contributed by atoms with Gasteiger partial charge in [0.15, 0.2) is 0 Å². The third-order valence-corrected chi connectivity index (χ3v) is 5.46. The number of carboxylic acid groups (broad SMARTS) is 1. The van der Waals surface area contributed by atoms with Crippen molar-refractivity contribution in [1.29, 1.82) is 0 Å². The molecule has 24 heavy (non-hydrogen) atoms. The fourth-order valence-electron chi connectivity index (χ4n) is 3.10. The van der Waals surface area contributed by atoms with Crippen LogP contribution in [0.1, 0.15) is 31.2 Å². The van der Waals surface area contributed by atoms with Crippen molar-refractivity contribution in [3.63, 3.8) is 0 Å². The highest BCUT2D eigenvalue weighted by Gasteiger charge is 2.37. The van der Waals surface area contributed by atoms with Gasteiger partial charge in [-0.3, -0.25) is 0 Å². The summed E-state index contributed by atoms with van der Waals surface area (Å²) in [6.07, 6.45) is 1.33. The Balaban J connectivity index is 2.25. The first-order valence-electron chi connectivity index (χ1n) is 7.67. The molecule has 0 saturated heterocycles. The van der Waals surface area contributed by atoms with Crippen LogP contribution in [0.5, 0.6) is 5.75 Å². The Morgan fingerprint density at radius 1 is 1.42 bits per heavy atom. The zero-order chi connectivity index (χ0) is 17.8. The third-order valence-electron chi connectivity index (χ3n) is 4.49. The Hall–Kier alpha value is -1.84. The highest BCUT2D eigenvalue weighted by molar-refractivity contribution is 7.88. The average Bonchev–Trinajstić information content (AvgIpc) is 2.54. The second kappa shape index (κ2) is 7.37. The molecule has 1 saturated carbocycles. The van der Waals surface area contributed by atoms with Crippen LogP contribution in [-0.2, 0) is 15.6 Å². The zero-order valence-corrected chi connectivity index (χ0v) is 14.3. The fraction of sp³-hybridized carbons (Fsp3) is 0.533. The van der Waals surface area contributed by atoms with E-state index in [4.69, 9.17) is 15.6 Å². The maximum Gasteiger partial charge on any atom is 0.419 e. The second-order valence-corrected chi connectivity index (χ2v) is 7.58. The lowest BCUT2D eigenvalue weighted by Crippen LogP contribution is -2.48. The molecule has 2 rings (SSSR count). The molecule has 134 valence electrons. The molecular formula is C15H23N3O5S. The highest BCUT2D eigenvalue weighted by atomic mass is 32.2. The van der Waals surface area contributed by atoms with Gasteiger partial charge in [-0.25, -0.2) is 9.52 Å². The molecule has 1 amide bonds. The van der Waals surface area contributed by atoms with Gasteiger partial charge >= 0.3 is 16.3 Å². The van der Waals surface area contributed by atoms with Gasteiger partial charge in [-0.2, -0.15) is 13.1 Å². The molecule has 0 unspecified atom stereocenters. The first-order valence-corrected chi connectivity index (χ1v) is 9.15. The van der Waals surface area contributed by atoms with Crippen LogP contribution in [0.4, 0.5) is 4.79 Å². The van der Waals surface area contributed by atoms with Gasteiger partial charge in [0.1, 0.15) is 5.75 Å². The number of nitrogens with two attached hydrogens (primary N) is 1. The van der Waals surface area contributed by atoms with Crippen LogP contribution in [0.25, 0.3) is 0 Å². The van der Waals surface area contributed by atoms with Gasteiger partial charge in [0, 0.05) is 18.0 Å². The lowest BCUT2D eigenvalue weighted by Gasteiger charge is -2.40. The van der Waals surface area contributed by atoms with Crippen LogP contribution < -0.4 is 19.9 Å². The predicted molar refractivity (Wildman–Crippen MR) is 89.2 cm³/mol. The SMILES string of the molecule is COc1cccc([C@]2(CNS(=O)(=O)NC(=O)O)CC[C@@H](N)CC2)c1. The van der Waals surface area contributed by atoms with Gasteiger partial charge in [-0.15, -0.1) is 0 Å². The summed E-state index contributed by atoms with van der Waals surface area (Å²) in [7, 11) is -2.55. The summed E-state index contributed by atoms with van der Waals surface area (Å²) < 4.78 is 32.7. The summed E-state index contributed by atoms with van der Waals surface area (Å²) in [5, 5.41) is 8.61. The van der Waals surface area contributed by atoms with Crippen molar-refractivity contribution in [2.75, 3.05) is 13.7 Å². The molecule has 0 heterocycles. The van der Waals surface area contributed by atoms with Gasteiger partial charge in [-0.1, -0.05) is 12.1 Å². The largest absolute Gasteiger partial charge is 0.497 e. The van der Waals surface area contributed by atoms with E-state index in [1.54, 1.807) is 7.11 Å². The number of hydrogen-bond acceptors (Lipinski definition) is 5. The van der Waals surface area contributed by atoms with Crippen molar-refractivity contribution in [2.45, 2.75) is 37.1 Å². The van der Waals surface area contributed by atoms with Gasteiger partial charge < -0.3 is 15.6 Å². The van der Waals surface area contributed by atoms with Gasteiger partial charge in [0.2, 0.25) is 0 Å². The van der Waals surface area contributed by atoms with Crippen LogP contribution in [0.3, 0.4) is 0 Å². The topological polar surface area (TPSA) is 131 Å². The van der Waals surface area contributed by atoms with Crippen molar-refractivity contribution in [3.05, 3.63) is 29.8 Å². The molecule has 5 N–H and O–H groups in total. The van der Waals surface area contributed by atoms with Gasteiger partial charge in [-0.05, 0) is 43.4 Å². The first-order chi connectivity index (χ1) is 11.3. The number of rotatable bonds is 6. The van der Waals surface area contributed by atoms with Crippen molar-refractivity contribution in [3.8, 4) is 5.75 Å². The molecule has 0 aliphatic heterocycles.